The summed E-state index contributed by atoms with van der Waals surface area (Å²) in [5.74, 6) is -0.747. The molecule has 0 aromatic heterocycles. The number of hydrogen-bond donors (Lipinski definition) is 1. The van der Waals surface area contributed by atoms with Crippen molar-refractivity contribution in [3.63, 3.8) is 0 Å². The van der Waals surface area contributed by atoms with Crippen LogP contribution in [0.5, 0.6) is 0 Å². The Labute approximate surface area is 205 Å². The van der Waals surface area contributed by atoms with Gasteiger partial charge in [0.25, 0.3) is 0 Å². The molecule has 1 N–H and O–H groups in total. The van der Waals surface area contributed by atoms with Crippen LogP contribution in [0.25, 0.3) is 0 Å². The first-order valence-electron chi connectivity index (χ1n) is 10.8. The first-order valence-corrected chi connectivity index (χ1v) is 13.4. The summed E-state index contributed by atoms with van der Waals surface area (Å²) >= 11 is 3.43. The Balaban J connectivity index is 2.38. The molecule has 0 spiro atoms. The second-order valence-corrected chi connectivity index (χ2v) is 11.1. The Morgan fingerprint density at radius 2 is 1.76 bits per heavy atom. The minimum atomic E-state index is -3.73. The number of nitrogens with zero attached hydrogens (tertiary/aromatic N) is 2. The molecule has 33 heavy (non-hydrogen) atoms. The van der Waals surface area contributed by atoms with Crippen LogP contribution >= 0.6 is 15.9 Å². The Hall–Kier alpha value is -2.39. The van der Waals surface area contributed by atoms with E-state index in [0.717, 1.165) is 32.6 Å². The summed E-state index contributed by atoms with van der Waals surface area (Å²) in [6, 6.07) is 13.6. The Bertz CT molecular complexity index is 1090. The molecule has 2 rings (SSSR count). The number of amides is 2. The molecule has 0 aliphatic rings. The smallest absolute Gasteiger partial charge is 0.244 e. The zero-order chi connectivity index (χ0) is 24.8. The summed E-state index contributed by atoms with van der Waals surface area (Å²) in [5, 5.41) is 2.91. The van der Waals surface area contributed by atoms with Crippen LogP contribution in [0, 0.1) is 6.92 Å². The van der Waals surface area contributed by atoms with Gasteiger partial charge in [0.05, 0.1) is 11.9 Å². The highest BCUT2D eigenvalue weighted by molar-refractivity contribution is 9.10. The average Bonchev–Trinajstić information content (AvgIpc) is 2.74. The fourth-order valence-electron chi connectivity index (χ4n) is 3.28. The summed E-state index contributed by atoms with van der Waals surface area (Å²) in [4.78, 5) is 27.8. The molecule has 0 aliphatic carbocycles. The summed E-state index contributed by atoms with van der Waals surface area (Å²) < 4.78 is 27.1. The highest BCUT2D eigenvalue weighted by atomic mass is 79.9. The Morgan fingerprint density at radius 1 is 1.09 bits per heavy atom. The standard InChI is InChI=1S/C24H32BrN3O4S/c1-6-18(3)26-24(30)19(4)27(15-20-10-8-11-21(25)14-20)23(29)16-28(33(5,31)32)22-12-7-9-17(2)13-22/h7-14,18-19H,6,15-16H2,1-5H3,(H,26,30)/t18-,19+/m1/s1. The molecule has 2 aromatic rings. The number of nitrogens with one attached hydrogen (secondary N) is 1. The number of benzene rings is 2. The van der Waals surface area contributed by atoms with Gasteiger partial charge < -0.3 is 10.2 Å². The van der Waals surface area contributed by atoms with Gasteiger partial charge in [0.2, 0.25) is 21.8 Å². The molecular formula is C24H32BrN3O4S. The molecular weight excluding hydrogens is 506 g/mol. The lowest BCUT2D eigenvalue weighted by Crippen LogP contribution is -2.52. The zero-order valence-corrected chi connectivity index (χ0v) is 22.1. The number of carbonyl (C=O) groups excluding carboxylic acids is 2. The number of anilines is 1. The van der Waals surface area contributed by atoms with E-state index >= 15 is 0 Å². The number of rotatable bonds is 10. The van der Waals surface area contributed by atoms with Gasteiger partial charge in [-0.15, -0.1) is 0 Å². The molecule has 180 valence electrons. The van der Waals surface area contributed by atoms with Gasteiger partial charge in [0, 0.05) is 17.1 Å². The van der Waals surface area contributed by atoms with Crippen LogP contribution in [-0.2, 0) is 26.2 Å². The lowest BCUT2D eigenvalue weighted by molar-refractivity contribution is -0.139. The topological polar surface area (TPSA) is 86.8 Å². The lowest BCUT2D eigenvalue weighted by Gasteiger charge is -2.32. The van der Waals surface area contributed by atoms with Crippen molar-refractivity contribution in [3.8, 4) is 0 Å². The van der Waals surface area contributed by atoms with E-state index in [4.69, 9.17) is 0 Å². The van der Waals surface area contributed by atoms with E-state index in [-0.39, 0.29) is 18.5 Å². The van der Waals surface area contributed by atoms with Crippen LogP contribution in [-0.4, -0.2) is 50.0 Å². The van der Waals surface area contributed by atoms with Crippen LogP contribution in [0.3, 0.4) is 0 Å². The average molecular weight is 539 g/mol. The third-order valence-electron chi connectivity index (χ3n) is 5.38. The highest BCUT2D eigenvalue weighted by Gasteiger charge is 2.30. The Kier molecular flexibility index (Phi) is 9.48. The molecule has 2 amide bonds. The highest BCUT2D eigenvalue weighted by Crippen LogP contribution is 2.21. The molecule has 0 saturated carbocycles. The lowest BCUT2D eigenvalue weighted by atomic mass is 10.1. The SMILES string of the molecule is CC[C@@H](C)NC(=O)[C@H](C)N(Cc1cccc(Br)c1)C(=O)CN(c1cccc(C)c1)S(C)(=O)=O. The minimum absolute atomic E-state index is 0.0393. The third-order valence-corrected chi connectivity index (χ3v) is 7.01. The van der Waals surface area contributed by atoms with Crippen molar-refractivity contribution in [2.24, 2.45) is 0 Å². The predicted molar refractivity (Wildman–Crippen MR) is 135 cm³/mol. The van der Waals surface area contributed by atoms with Gasteiger partial charge in [0.1, 0.15) is 12.6 Å². The molecule has 2 aromatic carbocycles. The number of aryl methyl sites for hydroxylation is 1. The molecule has 0 saturated heterocycles. The van der Waals surface area contributed by atoms with E-state index in [1.54, 1.807) is 25.1 Å². The van der Waals surface area contributed by atoms with Gasteiger partial charge in [-0.1, -0.05) is 47.1 Å². The van der Waals surface area contributed by atoms with E-state index in [2.05, 4.69) is 21.2 Å². The first kappa shape index (κ1) is 26.9. The van der Waals surface area contributed by atoms with Crippen LogP contribution in [0.4, 0.5) is 5.69 Å². The van der Waals surface area contributed by atoms with Gasteiger partial charge in [-0.05, 0) is 62.6 Å². The predicted octanol–water partition coefficient (Wildman–Crippen LogP) is 3.86. The Morgan fingerprint density at radius 3 is 2.33 bits per heavy atom. The van der Waals surface area contributed by atoms with Gasteiger partial charge in [-0.25, -0.2) is 8.42 Å². The molecule has 2 atom stereocenters. The monoisotopic (exact) mass is 537 g/mol. The largest absolute Gasteiger partial charge is 0.352 e. The maximum absolute atomic E-state index is 13.5. The van der Waals surface area contributed by atoms with E-state index in [1.807, 2.05) is 51.1 Å². The first-order chi connectivity index (χ1) is 15.4. The zero-order valence-electron chi connectivity index (χ0n) is 19.7. The summed E-state index contributed by atoms with van der Waals surface area (Å²) in [6.45, 7) is 7.13. The van der Waals surface area contributed by atoms with Gasteiger partial charge >= 0.3 is 0 Å². The van der Waals surface area contributed by atoms with Crippen molar-refractivity contribution in [2.75, 3.05) is 17.1 Å². The number of carbonyl (C=O) groups is 2. The van der Waals surface area contributed by atoms with Crippen LogP contribution in [0.1, 0.15) is 38.3 Å². The van der Waals surface area contributed by atoms with Gasteiger partial charge in [-0.2, -0.15) is 0 Å². The summed E-state index contributed by atoms with van der Waals surface area (Å²) in [6.07, 6.45) is 1.83. The molecule has 0 fully saturated rings. The van der Waals surface area contributed by atoms with Crippen molar-refractivity contribution in [1.82, 2.24) is 10.2 Å². The quantitative estimate of drug-likeness (QED) is 0.498. The summed E-state index contributed by atoms with van der Waals surface area (Å²) in [5.41, 5.74) is 2.10. The number of hydrogen-bond acceptors (Lipinski definition) is 4. The third kappa shape index (κ3) is 7.85. The fraction of sp³-hybridized carbons (Fsp3) is 0.417. The summed E-state index contributed by atoms with van der Waals surface area (Å²) in [7, 11) is -3.73. The van der Waals surface area contributed by atoms with E-state index in [0.29, 0.717) is 5.69 Å². The van der Waals surface area contributed by atoms with Gasteiger partial charge in [0.15, 0.2) is 0 Å². The maximum Gasteiger partial charge on any atom is 0.244 e. The van der Waals surface area contributed by atoms with E-state index in [1.165, 1.54) is 4.90 Å². The molecule has 0 aliphatic heterocycles. The maximum atomic E-state index is 13.5. The molecule has 0 heterocycles. The minimum Gasteiger partial charge on any atom is -0.352 e. The molecule has 7 nitrogen and oxygen atoms in total. The van der Waals surface area contributed by atoms with Crippen LogP contribution in [0.2, 0.25) is 0 Å². The molecule has 0 radical (unpaired) electrons. The van der Waals surface area contributed by atoms with Crippen molar-refractivity contribution in [2.45, 2.75) is 52.7 Å². The second kappa shape index (κ2) is 11.7. The van der Waals surface area contributed by atoms with Crippen LogP contribution < -0.4 is 9.62 Å². The van der Waals surface area contributed by atoms with E-state index < -0.39 is 28.5 Å². The molecule has 0 unspecified atom stereocenters. The van der Waals surface area contributed by atoms with E-state index in [9.17, 15) is 18.0 Å². The normalized spacial score (nSPS) is 13.2. The van der Waals surface area contributed by atoms with Crippen molar-refractivity contribution in [3.05, 3.63) is 64.1 Å². The second-order valence-electron chi connectivity index (χ2n) is 8.25. The molecule has 9 heteroatoms. The number of halogens is 1. The molecule has 0 bridgehead atoms. The van der Waals surface area contributed by atoms with Crippen molar-refractivity contribution in [1.29, 1.82) is 0 Å². The van der Waals surface area contributed by atoms with Crippen molar-refractivity contribution >= 4 is 43.5 Å². The fourth-order valence-corrected chi connectivity index (χ4v) is 4.57. The van der Waals surface area contributed by atoms with Crippen LogP contribution in [0.15, 0.2) is 53.0 Å². The van der Waals surface area contributed by atoms with Gasteiger partial charge in [-0.3, -0.25) is 13.9 Å². The number of sulfonamides is 1. The van der Waals surface area contributed by atoms with Crippen molar-refractivity contribution < 1.29 is 18.0 Å².